The molecule has 0 unspecified atom stereocenters. The summed E-state index contributed by atoms with van der Waals surface area (Å²) in [6, 6.07) is 15.9. The Morgan fingerprint density at radius 3 is 2.43 bits per heavy atom. The average molecular weight is 300 g/mol. The minimum atomic E-state index is 0. The lowest BCUT2D eigenvalue weighted by Crippen LogP contribution is -2.19. The molecule has 1 fully saturated rings. The molecule has 1 atom stereocenters. The van der Waals surface area contributed by atoms with E-state index in [1.54, 1.807) is 0 Å². The van der Waals surface area contributed by atoms with E-state index in [1.165, 1.54) is 53.5 Å². The van der Waals surface area contributed by atoms with Gasteiger partial charge in [0, 0.05) is 6.04 Å². The molecule has 1 saturated carbocycles. The molecule has 0 amide bonds. The summed E-state index contributed by atoms with van der Waals surface area (Å²) in [5.41, 5.74) is 13.6. The third kappa shape index (κ3) is 2.49. The van der Waals surface area contributed by atoms with Crippen molar-refractivity contribution in [3.8, 4) is 11.1 Å². The van der Waals surface area contributed by atoms with E-state index in [-0.39, 0.29) is 18.4 Å². The van der Waals surface area contributed by atoms with Crippen molar-refractivity contribution in [1.82, 2.24) is 0 Å². The largest absolute Gasteiger partial charge is 0.324 e. The lowest BCUT2D eigenvalue weighted by atomic mass is 9.90. The normalized spacial score (nSPS) is 18.0. The number of rotatable bonds is 2. The zero-order valence-electron chi connectivity index (χ0n) is 12.2. The number of nitrogens with two attached hydrogens (primary N) is 1. The molecule has 0 bridgehead atoms. The Morgan fingerprint density at radius 2 is 1.62 bits per heavy atom. The second-order valence-corrected chi connectivity index (χ2v) is 6.32. The molecule has 21 heavy (non-hydrogen) atoms. The van der Waals surface area contributed by atoms with E-state index < -0.39 is 0 Å². The smallest absolute Gasteiger partial charge is 0.0323 e. The predicted octanol–water partition coefficient (Wildman–Crippen LogP) is 4.87. The highest BCUT2D eigenvalue weighted by atomic mass is 35.5. The summed E-state index contributed by atoms with van der Waals surface area (Å²) in [7, 11) is 0. The topological polar surface area (TPSA) is 26.0 Å². The van der Waals surface area contributed by atoms with Crippen LogP contribution in [0.25, 0.3) is 11.1 Å². The summed E-state index contributed by atoms with van der Waals surface area (Å²) in [5, 5.41) is 0. The Kier molecular flexibility index (Phi) is 4.05. The van der Waals surface area contributed by atoms with Crippen LogP contribution in [0.2, 0.25) is 0 Å². The molecule has 2 aromatic rings. The Morgan fingerprint density at radius 1 is 0.905 bits per heavy atom. The van der Waals surface area contributed by atoms with Gasteiger partial charge in [-0.15, -0.1) is 12.4 Å². The van der Waals surface area contributed by atoms with Crippen molar-refractivity contribution in [3.05, 3.63) is 59.2 Å². The van der Waals surface area contributed by atoms with Gasteiger partial charge in [-0.2, -0.15) is 0 Å². The summed E-state index contributed by atoms with van der Waals surface area (Å²) in [6.07, 6.45) is 6.39. The van der Waals surface area contributed by atoms with Gasteiger partial charge in [-0.1, -0.05) is 55.3 Å². The van der Waals surface area contributed by atoms with E-state index in [0.717, 1.165) is 6.42 Å². The van der Waals surface area contributed by atoms with Gasteiger partial charge in [-0.3, -0.25) is 0 Å². The molecule has 1 nitrogen and oxygen atoms in total. The first-order valence-corrected chi connectivity index (χ1v) is 7.79. The minimum absolute atomic E-state index is 0. The molecule has 110 valence electrons. The van der Waals surface area contributed by atoms with Crippen LogP contribution in [0.1, 0.15) is 48.4 Å². The molecular weight excluding hydrogens is 278 g/mol. The highest BCUT2D eigenvalue weighted by Crippen LogP contribution is 2.39. The number of benzene rings is 2. The molecule has 0 aromatic heterocycles. The summed E-state index contributed by atoms with van der Waals surface area (Å²) in [5.74, 6) is 0.692. The molecule has 4 rings (SSSR count). The third-order valence-electron chi connectivity index (χ3n) is 5.11. The lowest BCUT2D eigenvalue weighted by molar-refractivity contribution is 0.445. The van der Waals surface area contributed by atoms with Crippen LogP contribution >= 0.6 is 12.4 Å². The standard InChI is InChI=1S/C19H21N.ClH/c20-19(13-5-1-2-6-13)15-9-10-18-16(12-15)11-14-7-3-4-8-17(14)18;/h3-4,7-10,12-13,19H,1-2,5-6,11,20H2;1H/t19-;/m1./s1. The maximum Gasteiger partial charge on any atom is 0.0323 e. The molecule has 2 heteroatoms. The van der Waals surface area contributed by atoms with Crippen molar-refractivity contribution >= 4 is 12.4 Å². The van der Waals surface area contributed by atoms with E-state index in [2.05, 4.69) is 42.5 Å². The van der Waals surface area contributed by atoms with Crippen LogP contribution in [0.15, 0.2) is 42.5 Å². The van der Waals surface area contributed by atoms with Crippen molar-refractivity contribution in [2.75, 3.05) is 0 Å². The summed E-state index contributed by atoms with van der Waals surface area (Å²) in [6.45, 7) is 0. The maximum absolute atomic E-state index is 6.50. The molecule has 0 radical (unpaired) electrons. The van der Waals surface area contributed by atoms with Crippen molar-refractivity contribution in [2.45, 2.75) is 38.1 Å². The maximum atomic E-state index is 6.50. The highest BCUT2D eigenvalue weighted by molar-refractivity contribution is 5.85. The van der Waals surface area contributed by atoms with Gasteiger partial charge in [0.2, 0.25) is 0 Å². The lowest BCUT2D eigenvalue weighted by Gasteiger charge is -2.20. The first kappa shape index (κ1) is 14.6. The molecule has 0 spiro atoms. The zero-order valence-corrected chi connectivity index (χ0v) is 13.0. The Bertz CT molecular complexity index is 644. The molecule has 0 heterocycles. The monoisotopic (exact) mass is 299 g/mol. The first-order valence-electron chi connectivity index (χ1n) is 7.79. The third-order valence-corrected chi connectivity index (χ3v) is 5.11. The number of halogens is 1. The van der Waals surface area contributed by atoms with Crippen molar-refractivity contribution in [3.63, 3.8) is 0 Å². The molecule has 0 aliphatic heterocycles. The van der Waals surface area contributed by atoms with Gasteiger partial charge < -0.3 is 5.73 Å². The molecular formula is C19H22ClN. The fraction of sp³-hybridized carbons (Fsp3) is 0.368. The molecule has 0 saturated heterocycles. The predicted molar refractivity (Wildman–Crippen MR) is 90.8 cm³/mol. The quantitative estimate of drug-likeness (QED) is 0.718. The van der Waals surface area contributed by atoms with E-state index in [9.17, 15) is 0 Å². The van der Waals surface area contributed by atoms with Gasteiger partial charge in [-0.05, 0) is 53.0 Å². The van der Waals surface area contributed by atoms with E-state index >= 15 is 0 Å². The van der Waals surface area contributed by atoms with E-state index in [1.807, 2.05) is 0 Å². The Labute approximate surface area is 133 Å². The van der Waals surface area contributed by atoms with Gasteiger partial charge in [0.1, 0.15) is 0 Å². The summed E-state index contributed by atoms with van der Waals surface area (Å²) < 4.78 is 0. The number of fused-ring (bicyclic) bond motifs is 3. The van der Waals surface area contributed by atoms with Gasteiger partial charge in [-0.25, -0.2) is 0 Å². The van der Waals surface area contributed by atoms with Crippen LogP contribution in [0, 0.1) is 5.92 Å². The van der Waals surface area contributed by atoms with E-state index in [0.29, 0.717) is 5.92 Å². The fourth-order valence-corrected chi connectivity index (χ4v) is 3.96. The number of hydrogen-bond acceptors (Lipinski definition) is 1. The first-order chi connectivity index (χ1) is 9.83. The summed E-state index contributed by atoms with van der Waals surface area (Å²) >= 11 is 0. The van der Waals surface area contributed by atoms with Gasteiger partial charge in [0.25, 0.3) is 0 Å². The summed E-state index contributed by atoms with van der Waals surface area (Å²) in [4.78, 5) is 0. The molecule has 2 aromatic carbocycles. The Balaban J connectivity index is 0.00000132. The fourth-order valence-electron chi connectivity index (χ4n) is 3.96. The van der Waals surface area contributed by atoms with Crippen LogP contribution in [0.3, 0.4) is 0 Å². The zero-order chi connectivity index (χ0) is 13.5. The second-order valence-electron chi connectivity index (χ2n) is 6.32. The van der Waals surface area contributed by atoms with Crippen LogP contribution in [-0.4, -0.2) is 0 Å². The van der Waals surface area contributed by atoms with Crippen molar-refractivity contribution in [1.29, 1.82) is 0 Å². The van der Waals surface area contributed by atoms with Crippen LogP contribution in [0.5, 0.6) is 0 Å². The molecule has 2 aliphatic carbocycles. The van der Waals surface area contributed by atoms with Crippen molar-refractivity contribution in [2.24, 2.45) is 11.7 Å². The molecule has 2 N–H and O–H groups in total. The van der Waals surface area contributed by atoms with Gasteiger partial charge in [0.05, 0.1) is 0 Å². The van der Waals surface area contributed by atoms with Crippen LogP contribution < -0.4 is 5.73 Å². The van der Waals surface area contributed by atoms with Gasteiger partial charge >= 0.3 is 0 Å². The second kappa shape index (κ2) is 5.82. The SMILES string of the molecule is Cl.N[C@@H](c1ccc2c(c1)Cc1ccccc1-2)C1CCCC1. The minimum Gasteiger partial charge on any atom is -0.324 e. The highest BCUT2D eigenvalue weighted by Gasteiger charge is 2.25. The Hall–Kier alpha value is -1.31. The van der Waals surface area contributed by atoms with Crippen LogP contribution in [0.4, 0.5) is 0 Å². The average Bonchev–Trinajstić information content (AvgIpc) is 3.13. The van der Waals surface area contributed by atoms with Crippen LogP contribution in [-0.2, 0) is 6.42 Å². The van der Waals surface area contributed by atoms with Crippen molar-refractivity contribution < 1.29 is 0 Å². The molecule has 2 aliphatic rings. The van der Waals surface area contributed by atoms with Gasteiger partial charge in [0.15, 0.2) is 0 Å². The number of hydrogen-bond donors (Lipinski definition) is 1. The van der Waals surface area contributed by atoms with E-state index in [4.69, 9.17) is 5.73 Å².